The molecule has 0 saturated carbocycles. The van der Waals surface area contributed by atoms with Crippen molar-refractivity contribution in [1.29, 1.82) is 0 Å². The number of guanidine groups is 1. The van der Waals surface area contributed by atoms with Crippen LogP contribution in [0, 0.1) is 0 Å². The summed E-state index contributed by atoms with van der Waals surface area (Å²) < 4.78 is 43.6. The quantitative estimate of drug-likeness (QED) is 0.443. The molecule has 0 spiro atoms. The van der Waals surface area contributed by atoms with Crippen molar-refractivity contribution in [2.75, 3.05) is 33.0 Å². The third-order valence-corrected chi connectivity index (χ3v) is 4.42. The highest BCUT2D eigenvalue weighted by atomic mass is 32.2. The molecule has 1 aromatic heterocycles. The van der Waals surface area contributed by atoms with Crippen molar-refractivity contribution in [1.82, 2.24) is 15.6 Å². The summed E-state index contributed by atoms with van der Waals surface area (Å²) in [7, 11) is 1.63. The van der Waals surface area contributed by atoms with Crippen LogP contribution < -0.4 is 15.4 Å². The molecule has 0 aromatic carbocycles. The molecular formula is C15H23F3N4OS. The summed E-state index contributed by atoms with van der Waals surface area (Å²) in [6, 6.07) is 2.17. The van der Waals surface area contributed by atoms with E-state index in [9.17, 15) is 13.2 Å². The van der Waals surface area contributed by atoms with Gasteiger partial charge in [-0.15, -0.1) is 0 Å². The van der Waals surface area contributed by atoms with Crippen LogP contribution in [0.4, 0.5) is 13.2 Å². The van der Waals surface area contributed by atoms with Crippen LogP contribution in [0.3, 0.4) is 0 Å². The van der Waals surface area contributed by atoms with Gasteiger partial charge in [-0.1, -0.05) is 0 Å². The Balaban J connectivity index is 2.46. The number of aliphatic imine (C=N–C) groups is 1. The zero-order valence-corrected chi connectivity index (χ0v) is 15.0. The van der Waals surface area contributed by atoms with Crippen LogP contribution in [-0.2, 0) is 6.18 Å². The van der Waals surface area contributed by atoms with Gasteiger partial charge in [-0.25, -0.2) is 4.98 Å². The van der Waals surface area contributed by atoms with Gasteiger partial charge in [-0.2, -0.15) is 24.9 Å². The molecule has 1 heterocycles. The first-order valence-corrected chi connectivity index (χ1v) is 8.57. The number of halogens is 3. The van der Waals surface area contributed by atoms with E-state index in [0.29, 0.717) is 19.0 Å². The smallest absolute Gasteiger partial charge is 0.421 e. The Hall–Kier alpha value is -1.64. The lowest BCUT2D eigenvalue weighted by molar-refractivity contribution is -0.139. The Morgan fingerprint density at radius 3 is 2.62 bits per heavy atom. The van der Waals surface area contributed by atoms with E-state index in [1.54, 1.807) is 18.8 Å². The molecule has 5 nitrogen and oxygen atoms in total. The van der Waals surface area contributed by atoms with Gasteiger partial charge in [0.25, 0.3) is 0 Å². The molecule has 0 radical (unpaired) electrons. The molecule has 9 heteroatoms. The summed E-state index contributed by atoms with van der Waals surface area (Å²) in [5.41, 5.74) is -0.880. The lowest BCUT2D eigenvalue weighted by atomic mass is 10.2. The van der Waals surface area contributed by atoms with Crippen molar-refractivity contribution < 1.29 is 17.9 Å². The van der Waals surface area contributed by atoms with Gasteiger partial charge in [-0.05, 0) is 32.2 Å². The van der Waals surface area contributed by atoms with Gasteiger partial charge in [0.2, 0.25) is 5.88 Å². The second kappa shape index (κ2) is 9.00. The molecule has 0 aliphatic heterocycles. The summed E-state index contributed by atoms with van der Waals surface area (Å²) in [6.45, 7) is 5.23. The average Bonchev–Trinajstić information content (AvgIpc) is 2.53. The van der Waals surface area contributed by atoms with Gasteiger partial charge in [0.05, 0.1) is 6.54 Å². The molecule has 0 atom stereocenters. The number of hydrogen-bond donors (Lipinski definition) is 2. The molecule has 136 valence electrons. The Labute approximate surface area is 144 Å². The third-order valence-electron chi connectivity index (χ3n) is 3.17. The fourth-order valence-corrected chi connectivity index (χ4v) is 1.84. The molecule has 2 N–H and O–H groups in total. The van der Waals surface area contributed by atoms with E-state index >= 15 is 0 Å². The van der Waals surface area contributed by atoms with Gasteiger partial charge in [-0.3, -0.25) is 4.99 Å². The number of ether oxygens (including phenoxy) is 1. The summed E-state index contributed by atoms with van der Waals surface area (Å²) >= 11 is 1.72. The lowest BCUT2D eigenvalue weighted by Gasteiger charge is -2.23. The average molecular weight is 364 g/mol. The number of aromatic nitrogens is 1. The molecule has 0 saturated heterocycles. The molecule has 0 fully saturated rings. The zero-order valence-electron chi connectivity index (χ0n) is 14.2. The molecule has 0 bridgehead atoms. The second-order valence-corrected chi connectivity index (χ2v) is 7.03. The maximum absolute atomic E-state index is 12.8. The number of nitrogens with one attached hydrogen (secondary N) is 2. The molecular weight excluding hydrogens is 341 g/mol. The van der Waals surface area contributed by atoms with Crippen LogP contribution in [0.1, 0.15) is 19.4 Å². The maximum Gasteiger partial charge on any atom is 0.421 e. The molecule has 24 heavy (non-hydrogen) atoms. The minimum Gasteiger partial charge on any atom is -0.475 e. The fourth-order valence-electron chi connectivity index (χ4n) is 1.63. The number of thioether (sulfide) groups is 1. The number of pyridine rings is 1. The van der Waals surface area contributed by atoms with E-state index in [1.165, 1.54) is 12.3 Å². The fraction of sp³-hybridized carbons (Fsp3) is 0.600. The number of rotatable bonds is 7. The van der Waals surface area contributed by atoms with Crippen molar-refractivity contribution >= 4 is 17.7 Å². The van der Waals surface area contributed by atoms with E-state index < -0.39 is 17.6 Å². The third kappa shape index (κ3) is 6.86. The highest BCUT2D eigenvalue weighted by molar-refractivity contribution is 7.99. The Morgan fingerprint density at radius 1 is 1.33 bits per heavy atom. The van der Waals surface area contributed by atoms with Crippen LogP contribution in [-0.4, -0.2) is 48.7 Å². The van der Waals surface area contributed by atoms with E-state index in [1.807, 2.05) is 6.26 Å². The van der Waals surface area contributed by atoms with Crippen LogP contribution in [0.15, 0.2) is 23.3 Å². The van der Waals surface area contributed by atoms with Crippen LogP contribution in [0.2, 0.25) is 0 Å². The van der Waals surface area contributed by atoms with E-state index in [-0.39, 0.29) is 11.4 Å². The minimum absolute atomic E-state index is 0.0344. The second-order valence-electron chi connectivity index (χ2n) is 5.52. The molecule has 1 aromatic rings. The largest absolute Gasteiger partial charge is 0.475 e. The van der Waals surface area contributed by atoms with Crippen molar-refractivity contribution in [3.05, 3.63) is 23.9 Å². The van der Waals surface area contributed by atoms with Crippen molar-refractivity contribution in [2.24, 2.45) is 4.99 Å². The molecule has 0 aliphatic carbocycles. The molecule has 0 amide bonds. The van der Waals surface area contributed by atoms with Crippen LogP contribution in [0.25, 0.3) is 0 Å². The Kier molecular flexibility index (Phi) is 7.65. The summed E-state index contributed by atoms with van der Waals surface area (Å²) in [6.07, 6.45) is -1.20. The molecule has 1 rings (SSSR count). The standard InChI is InChI=1S/C15H23F3N4OS/c1-14(2,24-4)10-22-13(19-3)21-8-9-23-12-11(15(16,17)18)6-5-7-20-12/h5-7H,8-10H2,1-4H3,(H2,19,21,22). The predicted molar refractivity (Wildman–Crippen MR) is 91.7 cm³/mol. The summed E-state index contributed by atoms with van der Waals surface area (Å²) in [5, 5.41) is 6.15. The highest BCUT2D eigenvalue weighted by Gasteiger charge is 2.34. The Bertz CT molecular complexity index is 550. The van der Waals surface area contributed by atoms with E-state index in [2.05, 4.69) is 34.5 Å². The summed E-state index contributed by atoms with van der Waals surface area (Å²) in [5.74, 6) is 0.149. The van der Waals surface area contributed by atoms with Crippen molar-refractivity contribution in [3.63, 3.8) is 0 Å². The topological polar surface area (TPSA) is 58.5 Å². The predicted octanol–water partition coefficient (Wildman–Crippen LogP) is 2.79. The van der Waals surface area contributed by atoms with Gasteiger partial charge >= 0.3 is 6.18 Å². The SMILES string of the molecule is CN=C(NCCOc1ncccc1C(F)(F)F)NCC(C)(C)SC. The van der Waals surface area contributed by atoms with E-state index in [4.69, 9.17) is 4.74 Å². The summed E-state index contributed by atoms with van der Waals surface area (Å²) in [4.78, 5) is 7.70. The number of alkyl halides is 3. The van der Waals surface area contributed by atoms with Crippen molar-refractivity contribution in [2.45, 2.75) is 24.8 Å². The first-order valence-electron chi connectivity index (χ1n) is 7.34. The minimum atomic E-state index is -4.49. The molecule has 0 unspecified atom stereocenters. The van der Waals surface area contributed by atoms with Gasteiger partial charge < -0.3 is 15.4 Å². The van der Waals surface area contributed by atoms with Crippen molar-refractivity contribution in [3.8, 4) is 5.88 Å². The maximum atomic E-state index is 12.8. The Morgan fingerprint density at radius 2 is 2.04 bits per heavy atom. The first kappa shape index (κ1) is 20.4. The zero-order chi connectivity index (χ0) is 18.2. The lowest BCUT2D eigenvalue weighted by Crippen LogP contribution is -2.44. The van der Waals surface area contributed by atoms with Crippen LogP contribution in [0.5, 0.6) is 5.88 Å². The first-order chi connectivity index (χ1) is 11.2. The normalized spacial score (nSPS) is 12.9. The van der Waals surface area contributed by atoms with Crippen LogP contribution >= 0.6 is 11.8 Å². The highest BCUT2D eigenvalue weighted by Crippen LogP contribution is 2.34. The van der Waals surface area contributed by atoms with Gasteiger partial charge in [0.15, 0.2) is 5.96 Å². The van der Waals surface area contributed by atoms with Gasteiger partial charge in [0, 0.05) is 24.5 Å². The molecule has 0 aliphatic rings. The monoisotopic (exact) mass is 364 g/mol. The van der Waals surface area contributed by atoms with Gasteiger partial charge in [0.1, 0.15) is 12.2 Å². The van der Waals surface area contributed by atoms with E-state index in [0.717, 1.165) is 6.07 Å². The number of nitrogens with zero attached hydrogens (tertiary/aromatic N) is 2. The number of hydrogen-bond acceptors (Lipinski definition) is 4.